The van der Waals surface area contributed by atoms with Crippen LogP contribution in [0.5, 0.6) is 0 Å². The molecule has 1 aliphatic carbocycles. The summed E-state index contributed by atoms with van der Waals surface area (Å²) in [6.07, 6.45) is -0.650. The summed E-state index contributed by atoms with van der Waals surface area (Å²) in [4.78, 5) is 44.1. The number of carbonyl (C=O) groups excluding carboxylic acids is 3. The molecule has 0 bridgehead atoms. The normalized spacial score (nSPS) is 26.6. The molecule has 3 atom stereocenters. The van der Waals surface area contributed by atoms with Crippen LogP contribution in [-0.2, 0) is 14.3 Å². The number of amides is 4. The van der Waals surface area contributed by atoms with Gasteiger partial charge in [-0.05, 0) is 61.6 Å². The summed E-state index contributed by atoms with van der Waals surface area (Å²) >= 11 is 0. The maximum absolute atomic E-state index is 15.0. The van der Waals surface area contributed by atoms with Crippen LogP contribution in [-0.4, -0.2) is 103 Å². The lowest BCUT2D eigenvalue weighted by Crippen LogP contribution is -2.58. The monoisotopic (exact) mass is 600 g/mol. The summed E-state index contributed by atoms with van der Waals surface area (Å²) < 4.78 is 74.1. The average Bonchev–Trinajstić information content (AvgIpc) is 3.43. The molecular weight excluding hydrogens is 563 g/mol. The Kier molecular flexibility index (Phi) is 8.69. The molecule has 232 valence electrons. The lowest BCUT2D eigenvalue weighted by molar-refractivity contribution is -0.187. The van der Waals surface area contributed by atoms with E-state index in [9.17, 15) is 31.9 Å². The molecular formula is C29H37F5N4O4. The Balaban J connectivity index is 1.37. The Morgan fingerprint density at radius 3 is 2.52 bits per heavy atom. The SMILES string of the molecule is CN(C(=O)C(F)(F)F)[C@@H]1CCN(C(=O)N2CC[C@H](CN3CCOCC3=O)C3(CCCC3)C2)[C@H](c2cc(F)ccc2F)C1. The molecule has 4 fully saturated rings. The van der Waals surface area contributed by atoms with Gasteiger partial charge in [-0.25, -0.2) is 13.6 Å². The number of ether oxygens (including phenoxy) is 1. The Morgan fingerprint density at radius 1 is 1.10 bits per heavy atom. The zero-order chi connectivity index (χ0) is 30.2. The van der Waals surface area contributed by atoms with E-state index >= 15 is 4.39 Å². The number of hydrogen-bond acceptors (Lipinski definition) is 4. The van der Waals surface area contributed by atoms with Crippen LogP contribution in [0.4, 0.5) is 26.7 Å². The minimum atomic E-state index is -5.08. The van der Waals surface area contributed by atoms with Crippen molar-refractivity contribution in [2.45, 2.75) is 63.2 Å². The van der Waals surface area contributed by atoms with Crippen LogP contribution in [0.25, 0.3) is 0 Å². The number of morpholine rings is 1. The predicted octanol–water partition coefficient (Wildman–Crippen LogP) is 4.35. The smallest absolute Gasteiger partial charge is 0.370 e. The van der Waals surface area contributed by atoms with Crippen LogP contribution >= 0.6 is 0 Å². The minimum absolute atomic E-state index is 0.0190. The van der Waals surface area contributed by atoms with Gasteiger partial charge in [-0.3, -0.25) is 9.59 Å². The number of carbonyl (C=O) groups is 3. The number of likely N-dealkylation sites (tertiary alicyclic amines) is 2. The van der Waals surface area contributed by atoms with Gasteiger partial charge < -0.3 is 24.3 Å². The third kappa shape index (κ3) is 6.07. The predicted molar refractivity (Wildman–Crippen MR) is 141 cm³/mol. The van der Waals surface area contributed by atoms with Crippen LogP contribution in [0.15, 0.2) is 18.2 Å². The Hall–Kier alpha value is -2.96. The van der Waals surface area contributed by atoms with Gasteiger partial charge in [0.05, 0.1) is 12.6 Å². The lowest BCUT2D eigenvalue weighted by atomic mass is 9.69. The molecule has 1 aromatic rings. The van der Waals surface area contributed by atoms with E-state index in [1.54, 1.807) is 4.90 Å². The minimum Gasteiger partial charge on any atom is -0.370 e. The van der Waals surface area contributed by atoms with E-state index in [0.29, 0.717) is 44.1 Å². The topological polar surface area (TPSA) is 73.4 Å². The Bertz CT molecular complexity index is 1190. The number of halogens is 5. The second-order valence-electron chi connectivity index (χ2n) is 12.1. The summed E-state index contributed by atoms with van der Waals surface area (Å²) in [5, 5.41) is 0. The van der Waals surface area contributed by atoms with E-state index in [2.05, 4.69) is 0 Å². The molecule has 1 spiro atoms. The molecule has 1 saturated carbocycles. The average molecular weight is 601 g/mol. The van der Waals surface area contributed by atoms with Gasteiger partial charge in [-0.1, -0.05) is 12.8 Å². The number of nitrogens with zero attached hydrogens (tertiary/aromatic N) is 4. The van der Waals surface area contributed by atoms with E-state index in [4.69, 9.17) is 4.74 Å². The van der Waals surface area contributed by atoms with Gasteiger partial charge >= 0.3 is 18.1 Å². The van der Waals surface area contributed by atoms with Gasteiger partial charge in [0, 0.05) is 51.4 Å². The molecule has 3 aliphatic heterocycles. The van der Waals surface area contributed by atoms with Gasteiger partial charge in [0.25, 0.3) is 0 Å². The number of rotatable bonds is 4. The van der Waals surface area contributed by atoms with E-state index < -0.39 is 35.8 Å². The fourth-order valence-corrected chi connectivity index (χ4v) is 7.45. The summed E-state index contributed by atoms with van der Waals surface area (Å²) in [5.74, 6) is -3.36. The highest BCUT2D eigenvalue weighted by Crippen LogP contribution is 2.49. The molecule has 42 heavy (non-hydrogen) atoms. The molecule has 5 rings (SSSR count). The Labute approximate surface area is 241 Å². The summed E-state index contributed by atoms with van der Waals surface area (Å²) in [5.41, 5.74) is -0.304. The Morgan fingerprint density at radius 2 is 1.83 bits per heavy atom. The van der Waals surface area contributed by atoms with Crippen LogP contribution in [0.1, 0.15) is 56.6 Å². The van der Waals surface area contributed by atoms with Crippen molar-refractivity contribution in [2.24, 2.45) is 11.3 Å². The van der Waals surface area contributed by atoms with Gasteiger partial charge in [0.1, 0.15) is 18.2 Å². The van der Waals surface area contributed by atoms with Crippen LogP contribution in [0, 0.1) is 23.0 Å². The largest absolute Gasteiger partial charge is 0.471 e. The van der Waals surface area contributed by atoms with Crippen molar-refractivity contribution in [2.75, 3.05) is 53.0 Å². The van der Waals surface area contributed by atoms with Crippen molar-refractivity contribution in [1.29, 1.82) is 0 Å². The van der Waals surface area contributed by atoms with Gasteiger partial charge in [-0.2, -0.15) is 13.2 Å². The highest BCUT2D eigenvalue weighted by atomic mass is 19.4. The second-order valence-corrected chi connectivity index (χ2v) is 12.1. The van der Waals surface area contributed by atoms with Crippen molar-refractivity contribution in [3.05, 3.63) is 35.4 Å². The number of benzene rings is 1. The zero-order valence-electron chi connectivity index (χ0n) is 23.7. The van der Waals surface area contributed by atoms with Crippen molar-refractivity contribution in [1.82, 2.24) is 19.6 Å². The second kappa shape index (κ2) is 12.0. The van der Waals surface area contributed by atoms with Crippen LogP contribution < -0.4 is 0 Å². The van der Waals surface area contributed by atoms with Gasteiger partial charge in [0.2, 0.25) is 5.91 Å². The van der Waals surface area contributed by atoms with Crippen molar-refractivity contribution in [3.63, 3.8) is 0 Å². The number of hydrogen-bond donors (Lipinski definition) is 0. The molecule has 3 heterocycles. The maximum Gasteiger partial charge on any atom is 0.471 e. The first-order chi connectivity index (χ1) is 19.9. The van der Waals surface area contributed by atoms with Gasteiger partial charge in [-0.15, -0.1) is 0 Å². The maximum atomic E-state index is 15.0. The first-order valence-electron chi connectivity index (χ1n) is 14.6. The molecule has 0 aromatic heterocycles. The number of alkyl halides is 3. The molecule has 4 amide bonds. The molecule has 0 radical (unpaired) electrons. The first-order valence-corrected chi connectivity index (χ1v) is 14.6. The summed E-state index contributed by atoms with van der Waals surface area (Å²) in [6, 6.07) is 0.496. The van der Waals surface area contributed by atoms with Crippen molar-refractivity contribution in [3.8, 4) is 0 Å². The number of urea groups is 1. The highest BCUT2D eigenvalue weighted by Gasteiger charge is 2.49. The third-order valence-electron chi connectivity index (χ3n) is 9.76. The first kappa shape index (κ1) is 30.5. The quantitative estimate of drug-likeness (QED) is 0.482. The number of piperidine rings is 2. The van der Waals surface area contributed by atoms with Gasteiger partial charge in [0.15, 0.2) is 0 Å². The molecule has 3 saturated heterocycles. The van der Waals surface area contributed by atoms with Crippen LogP contribution in [0.2, 0.25) is 0 Å². The van der Waals surface area contributed by atoms with Crippen molar-refractivity contribution < 1.29 is 41.1 Å². The van der Waals surface area contributed by atoms with E-state index in [1.807, 2.05) is 4.90 Å². The summed E-state index contributed by atoms with van der Waals surface area (Å²) in [7, 11) is 1.05. The highest BCUT2D eigenvalue weighted by molar-refractivity contribution is 5.82. The van der Waals surface area contributed by atoms with E-state index in [1.165, 1.54) is 4.90 Å². The molecule has 1 aromatic carbocycles. The standard InChI is InChI=1S/C29H37F5N4O4/c1-35(26(40)29(32,33)34)21-7-11-38(24(15-21)22-14-20(30)4-5-23(22)31)27(41)37-10-6-19(28(18-37)8-2-3-9-28)16-36-12-13-42-17-25(36)39/h4-5,14,19,21,24H,2-3,6-13,15-18H2,1H3/t19-,21-,24+/m1/s1. The lowest BCUT2D eigenvalue weighted by Gasteiger charge is -2.50. The van der Waals surface area contributed by atoms with E-state index in [0.717, 1.165) is 50.9 Å². The molecule has 8 nitrogen and oxygen atoms in total. The van der Waals surface area contributed by atoms with E-state index in [-0.39, 0.29) is 54.8 Å². The molecule has 0 unspecified atom stereocenters. The van der Waals surface area contributed by atoms with Crippen molar-refractivity contribution >= 4 is 17.8 Å². The summed E-state index contributed by atoms with van der Waals surface area (Å²) in [6.45, 7) is 2.56. The fourth-order valence-electron chi connectivity index (χ4n) is 7.45. The molecule has 4 aliphatic rings. The van der Waals surface area contributed by atoms with Crippen LogP contribution in [0.3, 0.4) is 0 Å². The third-order valence-corrected chi connectivity index (χ3v) is 9.76. The molecule has 0 N–H and O–H groups in total. The zero-order valence-corrected chi connectivity index (χ0v) is 23.7. The molecule has 13 heteroatoms. The fraction of sp³-hybridized carbons (Fsp3) is 0.690.